The summed E-state index contributed by atoms with van der Waals surface area (Å²) in [5.74, 6) is 1.11. The Morgan fingerprint density at radius 1 is 1.31 bits per heavy atom. The zero-order valence-electron chi connectivity index (χ0n) is 8.87. The first-order chi connectivity index (χ1) is 7.67. The van der Waals surface area contributed by atoms with Crippen molar-refractivity contribution in [2.75, 3.05) is 14.2 Å². The summed E-state index contributed by atoms with van der Waals surface area (Å²) in [5.41, 5.74) is 3.37. The third-order valence-electron chi connectivity index (χ3n) is 1.80. The maximum atomic E-state index is 9.88. The van der Waals surface area contributed by atoms with Crippen molar-refractivity contribution in [3.8, 4) is 11.5 Å². The van der Waals surface area contributed by atoms with Crippen molar-refractivity contribution in [2.45, 2.75) is 6.61 Å². The van der Waals surface area contributed by atoms with Crippen LogP contribution in [0.25, 0.3) is 5.59 Å². The minimum Gasteiger partial charge on any atom is -0.493 e. The Kier molecular flexibility index (Phi) is 4.34. The molecular formula is C9H11N2O5-. The second-order valence-corrected chi connectivity index (χ2v) is 2.78. The van der Waals surface area contributed by atoms with Crippen molar-refractivity contribution in [1.29, 1.82) is 0 Å². The van der Waals surface area contributed by atoms with Gasteiger partial charge in [-0.25, -0.2) is 5.59 Å². The van der Waals surface area contributed by atoms with Gasteiger partial charge >= 0.3 is 0 Å². The molecule has 7 nitrogen and oxygen atoms in total. The van der Waals surface area contributed by atoms with Gasteiger partial charge in [0.1, 0.15) is 0 Å². The second-order valence-electron chi connectivity index (χ2n) is 2.78. The fraction of sp³-hybridized carbons (Fsp3) is 0.333. The molecule has 0 aliphatic carbocycles. The molecule has 88 valence electrons. The van der Waals surface area contributed by atoms with Crippen LogP contribution in [0.2, 0.25) is 0 Å². The fourth-order valence-electron chi connectivity index (χ4n) is 1.12. The van der Waals surface area contributed by atoms with E-state index in [1.807, 2.05) is 0 Å². The summed E-state index contributed by atoms with van der Waals surface area (Å²) in [5, 5.41) is 8.98. The molecule has 1 aromatic carbocycles. The number of ether oxygens (including phenoxy) is 2. The van der Waals surface area contributed by atoms with Gasteiger partial charge in [-0.05, 0) is 17.7 Å². The minimum atomic E-state index is -0.902. The third kappa shape index (κ3) is 3.28. The van der Waals surface area contributed by atoms with Gasteiger partial charge in [-0.2, -0.15) is 0 Å². The normalized spacial score (nSPS) is 9.62. The van der Waals surface area contributed by atoms with Crippen molar-refractivity contribution < 1.29 is 19.3 Å². The molecule has 0 amide bonds. The average Bonchev–Trinajstić information content (AvgIpc) is 2.28. The molecule has 0 unspecified atom stereocenters. The van der Waals surface area contributed by atoms with E-state index < -0.39 is 5.03 Å². The number of nitrogens with zero attached hydrogens (tertiary/aromatic N) is 2. The molecule has 0 heterocycles. The predicted molar refractivity (Wildman–Crippen MR) is 54.7 cm³/mol. The topological polar surface area (TPSA) is 84.9 Å². The van der Waals surface area contributed by atoms with Gasteiger partial charge in [-0.3, -0.25) is 10.1 Å². The van der Waals surface area contributed by atoms with Crippen LogP contribution in [0.15, 0.2) is 18.2 Å². The molecular weight excluding hydrogens is 216 g/mol. The molecule has 1 rings (SSSR count). The van der Waals surface area contributed by atoms with E-state index >= 15 is 0 Å². The summed E-state index contributed by atoms with van der Waals surface area (Å²) >= 11 is 0. The van der Waals surface area contributed by atoms with Gasteiger partial charge < -0.3 is 14.3 Å². The average molecular weight is 227 g/mol. The first kappa shape index (κ1) is 12.1. The van der Waals surface area contributed by atoms with Crippen LogP contribution in [0.5, 0.6) is 11.5 Å². The number of benzene rings is 1. The fourth-order valence-corrected chi connectivity index (χ4v) is 1.12. The molecule has 0 spiro atoms. The zero-order valence-corrected chi connectivity index (χ0v) is 8.87. The number of nitro groups is 1. The van der Waals surface area contributed by atoms with E-state index in [1.165, 1.54) is 14.2 Å². The van der Waals surface area contributed by atoms with Crippen LogP contribution in [0.3, 0.4) is 0 Å². The standard InChI is InChI=1S/C9H11N2O5/c1-14-8-4-3-7(5-9(8)15-2)6-16-10-11(12)13/h3-5H,6H2,1-2H3/q-1. The molecule has 0 N–H and O–H groups in total. The first-order valence-corrected chi connectivity index (χ1v) is 4.35. The summed E-state index contributed by atoms with van der Waals surface area (Å²) in [4.78, 5) is 14.4. The minimum absolute atomic E-state index is 0.00132. The van der Waals surface area contributed by atoms with Crippen LogP contribution >= 0.6 is 0 Å². The van der Waals surface area contributed by atoms with E-state index in [2.05, 4.69) is 10.4 Å². The highest BCUT2D eigenvalue weighted by Gasteiger charge is 2.03. The Bertz CT molecular complexity index is 369. The lowest BCUT2D eigenvalue weighted by atomic mass is 10.2. The maximum absolute atomic E-state index is 9.88. The predicted octanol–water partition coefficient (Wildman–Crippen LogP) is 1.70. The van der Waals surface area contributed by atoms with E-state index in [1.54, 1.807) is 18.2 Å². The summed E-state index contributed by atoms with van der Waals surface area (Å²) in [6, 6.07) is 5.05. The molecule has 0 saturated carbocycles. The second kappa shape index (κ2) is 5.76. The van der Waals surface area contributed by atoms with Gasteiger partial charge in [-0.15, -0.1) is 0 Å². The number of rotatable bonds is 6. The summed E-state index contributed by atoms with van der Waals surface area (Å²) in [7, 11) is 3.03. The number of hydrogen-bond acceptors (Lipinski definition) is 5. The number of methoxy groups -OCH3 is 2. The Morgan fingerprint density at radius 3 is 2.56 bits per heavy atom. The van der Waals surface area contributed by atoms with Crippen LogP contribution in [0.1, 0.15) is 5.56 Å². The van der Waals surface area contributed by atoms with Crippen LogP contribution in [-0.2, 0) is 11.4 Å². The van der Waals surface area contributed by atoms with E-state index in [-0.39, 0.29) is 6.61 Å². The molecule has 0 fully saturated rings. The Hall–Kier alpha value is -2.02. The van der Waals surface area contributed by atoms with Crippen molar-refractivity contribution in [3.05, 3.63) is 39.5 Å². The highest BCUT2D eigenvalue weighted by molar-refractivity contribution is 5.42. The Morgan fingerprint density at radius 2 is 2.00 bits per heavy atom. The number of hydrogen-bond donors (Lipinski definition) is 0. The molecule has 0 aliphatic rings. The van der Waals surface area contributed by atoms with Crippen LogP contribution in [0.4, 0.5) is 0 Å². The largest absolute Gasteiger partial charge is 0.493 e. The molecule has 0 aromatic heterocycles. The van der Waals surface area contributed by atoms with E-state index in [9.17, 15) is 10.1 Å². The summed E-state index contributed by atoms with van der Waals surface area (Å²) < 4.78 is 10.1. The summed E-state index contributed by atoms with van der Waals surface area (Å²) in [6.45, 7) is 0.00132. The highest BCUT2D eigenvalue weighted by Crippen LogP contribution is 2.27. The van der Waals surface area contributed by atoms with Crippen LogP contribution in [-0.4, -0.2) is 19.3 Å². The van der Waals surface area contributed by atoms with Crippen molar-refractivity contribution in [2.24, 2.45) is 0 Å². The van der Waals surface area contributed by atoms with Crippen LogP contribution < -0.4 is 9.47 Å². The Labute approximate surface area is 92.0 Å². The first-order valence-electron chi connectivity index (χ1n) is 4.35. The van der Waals surface area contributed by atoms with E-state index in [0.29, 0.717) is 17.1 Å². The molecule has 0 saturated heterocycles. The van der Waals surface area contributed by atoms with Crippen molar-refractivity contribution >= 4 is 0 Å². The lowest BCUT2D eigenvalue weighted by Gasteiger charge is -2.12. The molecule has 1 aromatic rings. The zero-order chi connectivity index (χ0) is 12.0. The van der Waals surface area contributed by atoms with E-state index in [4.69, 9.17) is 9.47 Å². The lowest BCUT2D eigenvalue weighted by molar-refractivity contribution is -0.466. The van der Waals surface area contributed by atoms with Gasteiger partial charge in [0.05, 0.1) is 20.8 Å². The third-order valence-corrected chi connectivity index (χ3v) is 1.80. The Balaban J connectivity index is 2.64. The summed E-state index contributed by atoms with van der Waals surface area (Å²) in [6.07, 6.45) is 0. The van der Waals surface area contributed by atoms with Crippen molar-refractivity contribution in [3.63, 3.8) is 0 Å². The molecule has 7 heteroatoms. The van der Waals surface area contributed by atoms with Crippen LogP contribution in [0, 0.1) is 10.1 Å². The van der Waals surface area contributed by atoms with Crippen molar-refractivity contribution in [1.82, 2.24) is 0 Å². The van der Waals surface area contributed by atoms with Gasteiger partial charge in [0.25, 0.3) is 0 Å². The van der Waals surface area contributed by atoms with Gasteiger partial charge in [-0.1, -0.05) is 6.07 Å². The molecule has 0 bridgehead atoms. The van der Waals surface area contributed by atoms with Gasteiger partial charge in [0.15, 0.2) is 11.5 Å². The lowest BCUT2D eigenvalue weighted by Crippen LogP contribution is -1.96. The molecule has 0 aliphatic heterocycles. The van der Waals surface area contributed by atoms with Gasteiger partial charge in [0.2, 0.25) is 0 Å². The smallest absolute Gasteiger partial charge is 0.161 e. The molecule has 16 heavy (non-hydrogen) atoms. The quantitative estimate of drug-likeness (QED) is 0.545. The SMILES string of the molecule is COc1ccc(CO[N-][N+](=O)[O-])cc1OC. The maximum Gasteiger partial charge on any atom is 0.161 e. The highest BCUT2D eigenvalue weighted by atomic mass is 16.8. The van der Waals surface area contributed by atoms with E-state index in [0.717, 1.165) is 0 Å². The monoisotopic (exact) mass is 227 g/mol. The molecule has 0 radical (unpaired) electrons. The molecule has 0 atom stereocenters. The van der Waals surface area contributed by atoms with Gasteiger partial charge in [0, 0.05) is 5.03 Å².